The third-order valence-electron chi connectivity index (χ3n) is 8.81. The molecule has 0 spiro atoms. The van der Waals surface area contributed by atoms with Crippen molar-refractivity contribution in [3.63, 3.8) is 0 Å². The average Bonchev–Trinajstić information content (AvgIpc) is 3.44. The maximum Gasteiger partial charge on any atom is 0.331 e. The highest BCUT2D eigenvalue weighted by Gasteiger charge is 2.63. The van der Waals surface area contributed by atoms with Crippen LogP contribution >= 0.6 is 0 Å². The quantitative estimate of drug-likeness (QED) is 0.439. The van der Waals surface area contributed by atoms with Crippen molar-refractivity contribution in [1.82, 2.24) is 4.98 Å². The molecule has 2 aliphatic carbocycles. The van der Waals surface area contributed by atoms with Crippen molar-refractivity contribution in [1.29, 1.82) is 0 Å². The molecular weight excluding hydrogens is 462 g/mol. The summed E-state index contributed by atoms with van der Waals surface area (Å²) in [5.41, 5.74) is 2.66. The molecular formula is C28H29NO7. The van der Waals surface area contributed by atoms with Crippen LogP contribution in [0.25, 0.3) is 5.57 Å². The first-order chi connectivity index (χ1) is 16.9. The summed E-state index contributed by atoms with van der Waals surface area (Å²) in [4.78, 5) is 42.5. The zero-order valence-corrected chi connectivity index (χ0v) is 21.0. The van der Waals surface area contributed by atoms with E-state index in [9.17, 15) is 14.4 Å². The first kappa shape index (κ1) is 23.0. The van der Waals surface area contributed by atoms with Gasteiger partial charge in [0.25, 0.3) is 0 Å². The van der Waals surface area contributed by atoms with Gasteiger partial charge < -0.3 is 18.6 Å². The highest BCUT2D eigenvalue weighted by atomic mass is 16.6. The molecule has 0 amide bonds. The van der Waals surface area contributed by atoms with Gasteiger partial charge in [-0.3, -0.25) is 14.6 Å². The zero-order valence-electron chi connectivity index (χ0n) is 21.0. The van der Waals surface area contributed by atoms with Gasteiger partial charge in [-0.25, -0.2) is 4.79 Å². The topological polar surface area (TPSA) is 105 Å². The standard InChI is InChI=1S/C28H29NO7/c1-14(30)34-25-17-10-16-18-11-21(31)35-24(15-7-9-33-13-15)27(18,4)8-6-19(16)29-23(17)28(5)20(26(25,2)3)12-22(32)36-28/h7,9-11,13,20,24-25H,6,8,12H2,1-5H3/t20-,24-,25-,27+,28-/m0/s1. The molecule has 0 radical (unpaired) electrons. The lowest BCUT2D eigenvalue weighted by Crippen LogP contribution is -2.49. The van der Waals surface area contributed by atoms with Gasteiger partial charge in [-0.15, -0.1) is 0 Å². The summed E-state index contributed by atoms with van der Waals surface area (Å²) in [6, 6.07) is 3.82. The van der Waals surface area contributed by atoms with Crippen LogP contribution in [-0.4, -0.2) is 22.9 Å². The Balaban J connectivity index is 1.56. The Labute approximate surface area is 209 Å². The summed E-state index contributed by atoms with van der Waals surface area (Å²) >= 11 is 0. The Bertz CT molecular complexity index is 1340. The number of furan rings is 1. The highest BCUT2D eigenvalue weighted by molar-refractivity contribution is 5.96. The van der Waals surface area contributed by atoms with Crippen molar-refractivity contribution < 1.29 is 33.0 Å². The minimum absolute atomic E-state index is 0.205. The molecule has 0 bridgehead atoms. The van der Waals surface area contributed by atoms with Crippen molar-refractivity contribution >= 4 is 23.5 Å². The summed E-state index contributed by atoms with van der Waals surface area (Å²) in [5.74, 6) is -1.32. The molecule has 8 nitrogen and oxygen atoms in total. The van der Waals surface area contributed by atoms with E-state index in [1.807, 2.05) is 32.9 Å². The molecule has 1 saturated heterocycles. The van der Waals surface area contributed by atoms with Gasteiger partial charge >= 0.3 is 17.9 Å². The van der Waals surface area contributed by atoms with Crippen LogP contribution in [0.1, 0.15) is 87.7 Å². The monoisotopic (exact) mass is 491 g/mol. The van der Waals surface area contributed by atoms with Crippen molar-refractivity contribution in [3.8, 4) is 0 Å². The van der Waals surface area contributed by atoms with Gasteiger partial charge in [0.05, 0.1) is 24.6 Å². The second-order valence-electron chi connectivity index (χ2n) is 11.4. The molecule has 4 heterocycles. The molecule has 0 aromatic carbocycles. The van der Waals surface area contributed by atoms with Crippen LogP contribution < -0.4 is 0 Å². The lowest BCUT2D eigenvalue weighted by Gasteiger charge is -2.50. The largest absolute Gasteiger partial charge is 0.472 e. The number of pyridine rings is 1. The minimum atomic E-state index is -0.929. The smallest absolute Gasteiger partial charge is 0.331 e. The van der Waals surface area contributed by atoms with Gasteiger partial charge in [0.2, 0.25) is 0 Å². The van der Waals surface area contributed by atoms with E-state index in [1.54, 1.807) is 18.6 Å². The number of esters is 3. The van der Waals surface area contributed by atoms with Crippen LogP contribution in [0.4, 0.5) is 0 Å². The fourth-order valence-corrected chi connectivity index (χ4v) is 7.04. The molecule has 2 aromatic heterocycles. The van der Waals surface area contributed by atoms with Crippen molar-refractivity contribution in [3.05, 3.63) is 58.8 Å². The predicted molar refractivity (Wildman–Crippen MR) is 126 cm³/mol. The maximum absolute atomic E-state index is 12.7. The van der Waals surface area contributed by atoms with Crippen LogP contribution in [0, 0.1) is 16.7 Å². The normalized spacial score (nSPS) is 33.8. The van der Waals surface area contributed by atoms with Crippen LogP contribution in [-0.2, 0) is 40.6 Å². The predicted octanol–water partition coefficient (Wildman–Crippen LogP) is 4.73. The summed E-state index contributed by atoms with van der Waals surface area (Å²) < 4.78 is 22.9. The molecule has 36 heavy (non-hydrogen) atoms. The number of hydrogen-bond donors (Lipinski definition) is 0. The van der Waals surface area contributed by atoms with Gasteiger partial charge in [-0.05, 0) is 37.5 Å². The SMILES string of the molecule is CC(=O)O[C@H]1c2cc3c(nc2[C@@]2(C)OC(=O)C[C@H]2C1(C)C)CC[C@]1(C)C3=CC(=O)O[C@H]1c1ccoc1. The van der Waals surface area contributed by atoms with Gasteiger partial charge in [-0.2, -0.15) is 0 Å². The number of fused-ring (bicyclic) bond motifs is 6. The molecule has 8 heteroatoms. The van der Waals surface area contributed by atoms with Crippen molar-refractivity contribution in [2.75, 3.05) is 0 Å². The molecule has 1 fully saturated rings. The van der Waals surface area contributed by atoms with Gasteiger partial charge in [0.1, 0.15) is 12.2 Å². The van der Waals surface area contributed by atoms with Gasteiger partial charge in [0.15, 0.2) is 5.60 Å². The lowest BCUT2D eigenvalue weighted by molar-refractivity contribution is -0.169. The van der Waals surface area contributed by atoms with Gasteiger partial charge in [0, 0.05) is 52.1 Å². The molecule has 2 aromatic rings. The van der Waals surface area contributed by atoms with E-state index in [1.165, 1.54) is 6.92 Å². The second-order valence-corrected chi connectivity index (χ2v) is 11.4. The van der Waals surface area contributed by atoms with E-state index in [0.717, 1.165) is 22.4 Å². The Morgan fingerprint density at radius 3 is 2.67 bits per heavy atom. The third-order valence-corrected chi connectivity index (χ3v) is 8.81. The van der Waals surface area contributed by atoms with Crippen LogP contribution in [0.3, 0.4) is 0 Å². The molecule has 2 aliphatic heterocycles. The molecule has 6 rings (SSSR count). The van der Waals surface area contributed by atoms with Crippen molar-refractivity contribution in [2.45, 2.75) is 71.7 Å². The van der Waals surface area contributed by atoms with Crippen LogP contribution in [0.5, 0.6) is 0 Å². The molecule has 5 atom stereocenters. The molecule has 188 valence electrons. The van der Waals surface area contributed by atoms with Crippen LogP contribution in [0.2, 0.25) is 0 Å². The molecule has 0 saturated carbocycles. The zero-order chi connectivity index (χ0) is 25.6. The number of ether oxygens (including phenoxy) is 3. The van der Waals surface area contributed by atoms with Crippen LogP contribution in [0.15, 0.2) is 35.2 Å². The molecule has 0 N–H and O–H groups in total. The second kappa shape index (κ2) is 7.31. The number of aryl methyl sites for hydroxylation is 1. The van der Waals surface area contributed by atoms with E-state index in [2.05, 4.69) is 6.92 Å². The summed E-state index contributed by atoms with van der Waals surface area (Å²) in [6.07, 6.45) is 5.22. The summed E-state index contributed by atoms with van der Waals surface area (Å²) in [5, 5.41) is 0. The number of hydrogen-bond acceptors (Lipinski definition) is 8. The summed E-state index contributed by atoms with van der Waals surface area (Å²) in [7, 11) is 0. The Kier molecular flexibility index (Phi) is 4.67. The average molecular weight is 492 g/mol. The number of aromatic nitrogens is 1. The van der Waals surface area contributed by atoms with E-state index >= 15 is 0 Å². The fourth-order valence-electron chi connectivity index (χ4n) is 7.04. The lowest BCUT2D eigenvalue weighted by atomic mass is 9.58. The Morgan fingerprint density at radius 1 is 1.19 bits per heavy atom. The fraction of sp³-hybridized carbons (Fsp3) is 0.500. The summed E-state index contributed by atoms with van der Waals surface area (Å²) in [6.45, 7) is 9.40. The van der Waals surface area contributed by atoms with E-state index in [0.29, 0.717) is 24.1 Å². The molecule has 0 unspecified atom stereocenters. The number of cyclic esters (lactones) is 1. The van der Waals surface area contributed by atoms with E-state index < -0.39 is 40.6 Å². The first-order valence-electron chi connectivity index (χ1n) is 12.3. The Morgan fingerprint density at radius 2 is 1.97 bits per heavy atom. The number of rotatable bonds is 2. The van der Waals surface area contributed by atoms with E-state index in [-0.39, 0.29) is 18.3 Å². The van der Waals surface area contributed by atoms with Crippen molar-refractivity contribution in [2.24, 2.45) is 16.7 Å². The highest BCUT2D eigenvalue weighted by Crippen LogP contribution is 2.62. The molecule has 4 aliphatic rings. The number of carbonyl (C=O) groups is 3. The Hall–Kier alpha value is -3.42. The van der Waals surface area contributed by atoms with E-state index in [4.69, 9.17) is 23.6 Å². The maximum atomic E-state index is 12.7. The minimum Gasteiger partial charge on any atom is -0.472 e. The third kappa shape index (κ3) is 2.99. The number of carbonyl (C=O) groups excluding carboxylic acids is 3. The first-order valence-corrected chi connectivity index (χ1v) is 12.3. The van der Waals surface area contributed by atoms with Gasteiger partial charge in [-0.1, -0.05) is 20.8 Å². The number of nitrogens with zero attached hydrogens (tertiary/aromatic N) is 1.